The fourth-order valence-corrected chi connectivity index (χ4v) is 1.57. The normalized spacial score (nSPS) is 10.6. The third-order valence-electron chi connectivity index (χ3n) is 2.58. The lowest BCUT2D eigenvalue weighted by Gasteiger charge is -2.07. The predicted molar refractivity (Wildman–Crippen MR) is 72.3 cm³/mol. The molecule has 0 amide bonds. The Balaban J connectivity index is 2.03. The number of methoxy groups -OCH3 is 2. The van der Waals surface area contributed by atoms with E-state index in [1.807, 2.05) is 12.1 Å². The second kappa shape index (κ2) is 9.88. The van der Waals surface area contributed by atoms with Crippen molar-refractivity contribution in [2.75, 3.05) is 47.1 Å². The molecule has 4 nitrogen and oxygen atoms in total. The fraction of sp³-hybridized carbons (Fsp3) is 0.571. The summed E-state index contributed by atoms with van der Waals surface area (Å²) in [6, 6.07) is 8.15. The minimum Gasteiger partial charge on any atom is -0.497 e. The highest BCUT2D eigenvalue weighted by Gasteiger charge is 1.95. The number of ether oxygens (including phenoxy) is 3. The van der Waals surface area contributed by atoms with E-state index in [0.717, 1.165) is 31.9 Å². The Hall–Kier alpha value is -1.10. The van der Waals surface area contributed by atoms with Crippen LogP contribution >= 0.6 is 0 Å². The van der Waals surface area contributed by atoms with E-state index in [1.54, 1.807) is 14.2 Å². The van der Waals surface area contributed by atoms with Crippen molar-refractivity contribution < 1.29 is 14.2 Å². The van der Waals surface area contributed by atoms with Crippen LogP contribution in [0.1, 0.15) is 5.56 Å². The lowest BCUT2D eigenvalue weighted by atomic mass is 10.1. The van der Waals surface area contributed by atoms with Gasteiger partial charge in [0.05, 0.1) is 26.9 Å². The average Bonchev–Trinajstić information content (AvgIpc) is 2.42. The first kappa shape index (κ1) is 15.0. The molecule has 0 spiro atoms. The zero-order chi connectivity index (χ0) is 13.1. The largest absolute Gasteiger partial charge is 0.497 e. The molecule has 0 aliphatic carbocycles. The maximum absolute atomic E-state index is 5.36. The summed E-state index contributed by atoms with van der Waals surface area (Å²) in [4.78, 5) is 0. The molecule has 0 aromatic heterocycles. The number of benzene rings is 1. The standard InChI is InChI=1S/C14H23NO3/c1-16-10-11-18-9-8-15-7-6-13-4-3-5-14(12-13)17-2/h3-5,12,15H,6-11H2,1-2H3. The van der Waals surface area contributed by atoms with Gasteiger partial charge in [-0.2, -0.15) is 0 Å². The molecule has 0 aliphatic heterocycles. The van der Waals surface area contributed by atoms with Gasteiger partial charge in [-0.25, -0.2) is 0 Å². The molecule has 0 aliphatic rings. The Morgan fingerprint density at radius 1 is 1.06 bits per heavy atom. The van der Waals surface area contributed by atoms with Gasteiger partial charge < -0.3 is 19.5 Å². The van der Waals surface area contributed by atoms with Crippen molar-refractivity contribution in [3.05, 3.63) is 29.8 Å². The highest BCUT2D eigenvalue weighted by molar-refractivity contribution is 5.28. The molecule has 0 fully saturated rings. The molecule has 0 saturated heterocycles. The number of hydrogen-bond acceptors (Lipinski definition) is 4. The van der Waals surface area contributed by atoms with Crippen molar-refractivity contribution in [2.45, 2.75) is 6.42 Å². The van der Waals surface area contributed by atoms with E-state index in [2.05, 4.69) is 17.4 Å². The summed E-state index contributed by atoms with van der Waals surface area (Å²) in [5, 5.41) is 3.34. The molecular formula is C14H23NO3. The summed E-state index contributed by atoms with van der Waals surface area (Å²) in [6.45, 7) is 3.85. The van der Waals surface area contributed by atoms with Gasteiger partial charge in [0.15, 0.2) is 0 Å². The van der Waals surface area contributed by atoms with Gasteiger partial charge in [0.1, 0.15) is 5.75 Å². The van der Waals surface area contributed by atoms with Gasteiger partial charge in [0.25, 0.3) is 0 Å². The molecule has 0 saturated carbocycles. The van der Waals surface area contributed by atoms with Crippen LogP contribution in [0.25, 0.3) is 0 Å². The van der Waals surface area contributed by atoms with E-state index >= 15 is 0 Å². The average molecular weight is 253 g/mol. The molecule has 1 rings (SSSR count). The predicted octanol–water partition coefficient (Wildman–Crippen LogP) is 1.49. The summed E-state index contributed by atoms with van der Waals surface area (Å²) in [6.07, 6.45) is 0.995. The third kappa shape index (κ3) is 6.59. The molecular weight excluding hydrogens is 230 g/mol. The summed E-state index contributed by atoms with van der Waals surface area (Å²) >= 11 is 0. The minimum absolute atomic E-state index is 0.657. The van der Waals surface area contributed by atoms with Gasteiger partial charge in [-0.1, -0.05) is 12.1 Å². The van der Waals surface area contributed by atoms with E-state index < -0.39 is 0 Å². The molecule has 0 unspecified atom stereocenters. The molecule has 0 radical (unpaired) electrons. The van der Waals surface area contributed by atoms with Crippen molar-refractivity contribution in [3.8, 4) is 5.75 Å². The zero-order valence-electron chi connectivity index (χ0n) is 11.3. The van der Waals surface area contributed by atoms with Gasteiger partial charge in [-0.15, -0.1) is 0 Å². The first-order chi connectivity index (χ1) is 8.86. The summed E-state index contributed by atoms with van der Waals surface area (Å²) < 4.78 is 15.4. The van der Waals surface area contributed by atoms with Crippen LogP contribution in [-0.4, -0.2) is 47.1 Å². The van der Waals surface area contributed by atoms with Crippen LogP contribution in [0.4, 0.5) is 0 Å². The molecule has 1 aromatic rings. The fourth-order valence-electron chi connectivity index (χ4n) is 1.57. The molecule has 1 aromatic carbocycles. The van der Waals surface area contributed by atoms with Gasteiger partial charge in [0.2, 0.25) is 0 Å². The van der Waals surface area contributed by atoms with Crippen LogP contribution in [0.3, 0.4) is 0 Å². The third-order valence-corrected chi connectivity index (χ3v) is 2.58. The summed E-state index contributed by atoms with van der Waals surface area (Å²) in [7, 11) is 3.37. The molecule has 0 heterocycles. The highest BCUT2D eigenvalue weighted by Crippen LogP contribution is 2.12. The van der Waals surface area contributed by atoms with Crippen LogP contribution in [0.5, 0.6) is 5.75 Å². The van der Waals surface area contributed by atoms with Crippen LogP contribution in [0, 0.1) is 0 Å². The van der Waals surface area contributed by atoms with E-state index in [4.69, 9.17) is 14.2 Å². The van der Waals surface area contributed by atoms with Gasteiger partial charge in [-0.05, 0) is 30.7 Å². The molecule has 0 bridgehead atoms. The number of nitrogens with one attached hydrogen (secondary N) is 1. The Morgan fingerprint density at radius 3 is 2.72 bits per heavy atom. The van der Waals surface area contributed by atoms with Crippen LogP contribution in [-0.2, 0) is 15.9 Å². The molecule has 102 valence electrons. The van der Waals surface area contributed by atoms with Crippen molar-refractivity contribution >= 4 is 0 Å². The van der Waals surface area contributed by atoms with Gasteiger partial charge in [-0.3, -0.25) is 0 Å². The Morgan fingerprint density at radius 2 is 1.94 bits per heavy atom. The monoisotopic (exact) mass is 253 g/mol. The first-order valence-corrected chi connectivity index (χ1v) is 6.27. The number of hydrogen-bond donors (Lipinski definition) is 1. The summed E-state index contributed by atoms with van der Waals surface area (Å²) in [5.74, 6) is 0.912. The summed E-state index contributed by atoms with van der Waals surface area (Å²) in [5.41, 5.74) is 1.28. The molecule has 4 heteroatoms. The minimum atomic E-state index is 0.657. The second-order valence-electron chi connectivity index (χ2n) is 3.96. The lowest BCUT2D eigenvalue weighted by Crippen LogP contribution is -2.22. The maximum atomic E-state index is 5.36. The first-order valence-electron chi connectivity index (χ1n) is 6.27. The smallest absolute Gasteiger partial charge is 0.119 e. The van der Waals surface area contributed by atoms with Crippen molar-refractivity contribution in [3.63, 3.8) is 0 Å². The quantitative estimate of drug-likeness (QED) is 0.641. The van der Waals surface area contributed by atoms with E-state index in [0.29, 0.717) is 13.2 Å². The molecule has 18 heavy (non-hydrogen) atoms. The molecule has 1 N–H and O–H groups in total. The Labute approximate surface area is 109 Å². The van der Waals surface area contributed by atoms with Crippen LogP contribution < -0.4 is 10.1 Å². The zero-order valence-corrected chi connectivity index (χ0v) is 11.3. The van der Waals surface area contributed by atoms with E-state index in [1.165, 1.54) is 5.56 Å². The van der Waals surface area contributed by atoms with Crippen molar-refractivity contribution in [2.24, 2.45) is 0 Å². The Bertz CT molecular complexity index is 318. The van der Waals surface area contributed by atoms with Crippen LogP contribution in [0.15, 0.2) is 24.3 Å². The van der Waals surface area contributed by atoms with E-state index in [9.17, 15) is 0 Å². The highest BCUT2D eigenvalue weighted by atomic mass is 16.5. The van der Waals surface area contributed by atoms with Gasteiger partial charge >= 0.3 is 0 Å². The SMILES string of the molecule is COCCOCCNCCc1cccc(OC)c1. The van der Waals surface area contributed by atoms with Crippen LogP contribution in [0.2, 0.25) is 0 Å². The second-order valence-corrected chi connectivity index (χ2v) is 3.96. The molecule has 0 atom stereocenters. The van der Waals surface area contributed by atoms with E-state index in [-0.39, 0.29) is 0 Å². The number of rotatable bonds is 10. The maximum Gasteiger partial charge on any atom is 0.119 e. The topological polar surface area (TPSA) is 39.7 Å². The lowest BCUT2D eigenvalue weighted by molar-refractivity contribution is 0.0721. The Kier molecular flexibility index (Phi) is 8.21. The van der Waals surface area contributed by atoms with Crippen molar-refractivity contribution in [1.82, 2.24) is 5.32 Å². The van der Waals surface area contributed by atoms with Gasteiger partial charge in [0, 0.05) is 13.7 Å². The van der Waals surface area contributed by atoms with Crippen molar-refractivity contribution in [1.29, 1.82) is 0 Å².